The van der Waals surface area contributed by atoms with E-state index in [0.29, 0.717) is 12.2 Å². The van der Waals surface area contributed by atoms with Gasteiger partial charge < -0.3 is 10.8 Å². The van der Waals surface area contributed by atoms with E-state index in [0.717, 1.165) is 25.7 Å². The minimum absolute atomic E-state index is 0.200. The number of aliphatic hydroxyl groups excluding tert-OH is 1. The van der Waals surface area contributed by atoms with Gasteiger partial charge in [0, 0.05) is 18.2 Å². The number of nitrogens with two attached hydrogens (primary N) is 1. The van der Waals surface area contributed by atoms with E-state index in [1.165, 1.54) is 25.6 Å². The fourth-order valence-corrected chi connectivity index (χ4v) is 2.98. The van der Waals surface area contributed by atoms with Crippen molar-refractivity contribution in [2.45, 2.75) is 51.0 Å². The summed E-state index contributed by atoms with van der Waals surface area (Å²) in [7, 11) is 0. The second-order valence-electron chi connectivity index (χ2n) is 5.37. The van der Waals surface area contributed by atoms with Crippen molar-refractivity contribution in [2.24, 2.45) is 11.1 Å². The van der Waals surface area contributed by atoms with E-state index in [4.69, 9.17) is 5.73 Å². The van der Waals surface area contributed by atoms with Gasteiger partial charge in [0.15, 0.2) is 0 Å². The van der Waals surface area contributed by atoms with Gasteiger partial charge in [0.05, 0.1) is 5.69 Å². The van der Waals surface area contributed by atoms with Gasteiger partial charge in [-0.3, -0.25) is 0 Å². The molecule has 0 saturated heterocycles. The lowest BCUT2D eigenvalue weighted by Crippen LogP contribution is -2.37. The number of rotatable bonds is 3. The molecule has 4 heteroatoms. The first-order chi connectivity index (χ1) is 8.78. The number of aliphatic hydroxyl groups is 1. The number of hydrogen-bond acceptors (Lipinski definition) is 4. The molecule has 0 aliphatic heterocycles. The molecule has 1 aromatic rings. The molecule has 1 unspecified atom stereocenters. The summed E-state index contributed by atoms with van der Waals surface area (Å²) in [4.78, 5) is 8.09. The summed E-state index contributed by atoms with van der Waals surface area (Å²) in [6.45, 7) is 0.526. The largest absolute Gasteiger partial charge is 0.386 e. The Hall–Kier alpha value is -1.00. The molecule has 1 saturated carbocycles. The Morgan fingerprint density at radius 3 is 2.44 bits per heavy atom. The Bertz CT molecular complexity index is 347. The van der Waals surface area contributed by atoms with Crippen molar-refractivity contribution in [3.05, 3.63) is 24.3 Å². The van der Waals surface area contributed by atoms with Crippen LogP contribution in [0.5, 0.6) is 0 Å². The van der Waals surface area contributed by atoms with Gasteiger partial charge in [0.1, 0.15) is 12.4 Å². The van der Waals surface area contributed by atoms with Crippen molar-refractivity contribution in [1.82, 2.24) is 9.97 Å². The minimum Gasteiger partial charge on any atom is -0.386 e. The van der Waals surface area contributed by atoms with Crippen LogP contribution in [0.25, 0.3) is 0 Å². The maximum atomic E-state index is 10.6. The molecule has 0 amide bonds. The number of aromatic nitrogens is 2. The number of nitrogens with zero attached hydrogens (tertiary/aromatic N) is 2. The van der Waals surface area contributed by atoms with Crippen molar-refractivity contribution >= 4 is 0 Å². The lowest BCUT2D eigenvalue weighted by atomic mass is 9.71. The van der Waals surface area contributed by atoms with Crippen LogP contribution in [0, 0.1) is 5.41 Å². The zero-order valence-electron chi connectivity index (χ0n) is 10.9. The van der Waals surface area contributed by atoms with E-state index in [1.807, 2.05) is 0 Å². The third kappa shape index (κ3) is 2.87. The molecule has 0 aromatic carbocycles. The van der Waals surface area contributed by atoms with Gasteiger partial charge in [0.25, 0.3) is 0 Å². The predicted octanol–water partition coefficient (Wildman–Crippen LogP) is 2.20. The van der Waals surface area contributed by atoms with Crippen molar-refractivity contribution in [2.75, 3.05) is 6.54 Å². The lowest BCUT2D eigenvalue weighted by Gasteiger charge is -2.38. The van der Waals surface area contributed by atoms with E-state index in [2.05, 4.69) is 9.97 Å². The summed E-state index contributed by atoms with van der Waals surface area (Å²) >= 11 is 0. The van der Waals surface area contributed by atoms with Crippen LogP contribution < -0.4 is 5.73 Å². The molecule has 3 N–H and O–H groups in total. The third-order valence-electron chi connectivity index (χ3n) is 4.22. The Labute approximate surface area is 109 Å². The fraction of sp³-hybridized carbons (Fsp3) is 0.714. The zero-order chi connectivity index (χ0) is 12.8. The van der Waals surface area contributed by atoms with E-state index >= 15 is 0 Å². The third-order valence-corrected chi connectivity index (χ3v) is 4.22. The molecule has 1 aliphatic rings. The Morgan fingerprint density at radius 1 is 1.22 bits per heavy atom. The molecule has 0 radical (unpaired) electrons. The van der Waals surface area contributed by atoms with Crippen LogP contribution in [0.1, 0.15) is 56.7 Å². The topological polar surface area (TPSA) is 72.0 Å². The molecule has 1 aromatic heterocycles. The highest BCUT2D eigenvalue weighted by Gasteiger charge is 2.37. The SMILES string of the molecule is NCC1(C(O)c2ccncn2)CCCCCCC1. The summed E-state index contributed by atoms with van der Waals surface area (Å²) < 4.78 is 0. The van der Waals surface area contributed by atoms with Crippen molar-refractivity contribution < 1.29 is 5.11 Å². The van der Waals surface area contributed by atoms with E-state index in [1.54, 1.807) is 12.3 Å². The van der Waals surface area contributed by atoms with Crippen molar-refractivity contribution in [3.63, 3.8) is 0 Å². The highest BCUT2D eigenvalue weighted by atomic mass is 16.3. The van der Waals surface area contributed by atoms with Crippen LogP contribution in [-0.4, -0.2) is 21.6 Å². The molecule has 1 aliphatic carbocycles. The second-order valence-corrected chi connectivity index (χ2v) is 5.37. The highest BCUT2D eigenvalue weighted by molar-refractivity contribution is 5.08. The molecule has 2 rings (SSSR count). The molecule has 1 fully saturated rings. The van der Waals surface area contributed by atoms with E-state index in [-0.39, 0.29) is 5.41 Å². The van der Waals surface area contributed by atoms with Gasteiger partial charge in [-0.05, 0) is 18.9 Å². The maximum Gasteiger partial charge on any atom is 0.115 e. The van der Waals surface area contributed by atoms with Crippen LogP contribution in [0.2, 0.25) is 0 Å². The molecular weight excluding hydrogens is 226 g/mol. The quantitative estimate of drug-likeness (QED) is 0.861. The fourth-order valence-electron chi connectivity index (χ4n) is 2.98. The first kappa shape index (κ1) is 13.4. The molecule has 18 heavy (non-hydrogen) atoms. The summed E-state index contributed by atoms with van der Waals surface area (Å²) in [6.07, 6.45) is 10.7. The monoisotopic (exact) mass is 249 g/mol. The normalized spacial score (nSPS) is 21.9. The summed E-state index contributed by atoms with van der Waals surface area (Å²) in [6, 6.07) is 1.79. The average Bonchev–Trinajstić information content (AvgIpc) is 2.40. The Kier molecular flexibility index (Phi) is 4.66. The van der Waals surface area contributed by atoms with Gasteiger partial charge in [-0.25, -0.2) is 9.97 Å². The second kappa shape index (κ2) is 6.25. The van der Waals surface area contributed by atoms with Crippen molar-refractivity contribution in [1.29, 1.82) is 0 Å². The Morgan fingerprint density at radius 2 is 1.89 bits per heavy atom. The maximum absolute atomic E-state index is 10.6. The van der Waals surface area contributed by atoms with E-state index < -0.39 is 6.10 Å². The molecule has 0 spiro atoms. The van der Waals surface area contributed by atoms with Gasteiger partial charge in [-0.2, -0.15) is 0 Å². The van der Waals surface area contributed by atoms with Gasteiger partial charge in [-0.15, -0.1) is 0 Å². The minimum atomic E-state index is -0.566. The summed E-state index contributed by atoms with van der Waals surface area (Å²) in [5.41, 5.74) is 6.50. The zero-order valence-corrected chi connectivity index (χ0v) is 10.9. The summed E-state index contributed by atoms with van der Waals surface area (Å²) in [5, 5.41) is 10.6. The molecular formula is C14H23N3O. The molecule has 1 heterocycles. The van der Waals surface area contributed by atoms with Crippen molar-refractivity contribution in [3.8, 4) is 0 Å². The lowest BCUT2D eigenvalue weighted by molar-refractivity contribution is 0.00545. The Balaban J connectivity index is 2.18. The predicted molar refractivity (Wildman–Crippen MR) is 70.8 cm³/mol. The first-order valence-corrected chi connectivity index (χ1v) is 6.92. The van der Waals surface area contributed by atoms with Crippen LogP contribution in [-0.2, 0) is 0 Å². The molecule has 100 valence electrons. The van der Waals surface area contributed by atoms with Gasteiger partial charge in [0.2, 0.25) is 0 Å². The molecule has 0 bridgehead atoms. The smallest absolute Gasteiger partial charge is 0.115 e. The van der Waals surface area contributed by atoms with Gasteiger partial charge in [-0.1, -0.05) is 32.1 Å². The van der Waals surface area contributed by atoms with Gasteiger partial charge >= 0.3 is 0 Å². The average molecular weight is 249 g/mol. The van der Waals surface area contributed by atoms with Crippen LogP contribution in [0.15, 0.2) is 18.6 Å². The standard InChI is InChI=1S/C14H23N3O/c15-10-14(7-4-2-1-3-5-8-14)13(18)12-6-9-16-11-17-12/h6,9,11,13,18H,1-5,7-8,10,15H2. The first-order valence-electron chi connectivity index (χ1n) is 6.92. The molecule has 1 atom stereocenters. The van der Waals surface area contributed by atoms with E-state index in [9.17, 15) is 5.11 Å². The van der Waals surface area contributed by atoms with Crippen LogP contribution in [0.3, 0.4) is 0 Å². The van der Waals surface area contributed by atoms with Crippen LogP contribution >= 0.6 is 0 Å². The van der Waals surface area contributed by atoms with Crippen LogP contribution in [0.4, 0.5) is 0 Å². The number of hydrogen-bond donors (Lipinski definition) is 2. The highest BCUT2D eigenvalue weighted by Crippen LogP contribution is 2.42. The summed E-state index contributed by atoms with van der Waals surface area (Å²) in [5.74, 6) is 0. The molecule has 4 nitrogen and oxygen atoms in total.